The molecule has 0 aromatic carbocycles. The van der Waals surface area contributed by atoms with Crippen LogP contribution < -0.4 is 5.73 Å². The van der Waals surface area contributed by atoms with Gasteiger partial charge in [0, 0.05) is 29.7 Å². The molecule has 1 fully saturated rings. The third-order valence-corrected chi connectivity index (χ3v) is 4.57. The molecule has 2 unspecified atom stereocenters. The summed E-state index contributed by atoms with van der Waals surface area (Å²) in [6.45, 7) is 2.31. The second-order valence-corrected chi connectivity index (χ2v) is 6.44. The van der Waals surface area contributed by atoms with Gasteiger partial charge in [0.1, 0.15) is 0 Å². The monoisotopic (exact) mass is 249 g/mol. The zero-order valence-electron chi connectivity index (χ0n) is 10.2. The molecule has 4 heteroatoms. The molecule has 2 atom stereocenters. The zero-order valence-corrected chi connectivity index (χ0v) is 11.0. The van der Waals surface area contributed by atoms with Crippen LogP contribution in [0, 0.1) is 5.92 Å². The van der Waals surface area contributed by atoms with Crippen LogP contribution in [0.25, 0.3) is 4.96 Å². The SMILES string of the molecule is CC1CCCC(N)(Cc2cn3ccsc3n2)C1. The lowest BCUT2D eigenvalue weighted by Crippen LogP contribution is -2.45. The first-order valence-electron chi connectivity index (χ1n) is 6.35. The van der Waals surface area contributed by atoms with Crippen molar-refractivity contribution < 1.29 is 0 Å². The highest BCUT2D eigenvalue weighted by Gasteiger charge is 2.31. The van der Waals surface area contributed by atoms with Gasteiger partial charge in [-0.15, -0.1) is 11.3 Å². The highest BCUT2D eigenvalue weighted by atomic mass is 32.1. The van der Waals surface area contributed by atoms with Crippen molar-refractivity contribution in [2.75, 3.05) is 0 Å². The fourth-order valence-electron chi connectivity index (χ4n) is 3.08. The Morgan fingerprint density at radius 3 is 3.29 bits per heavy atom. The van der Waals surface area contributed by atoms with Gasteiger partial charge in [0.2, 0.25) is 0 Å². The van der Waals surface area contributed by atoms with E-state index in [0.717, 1.165) is 35.8 Å². The van der Waals surface area contributed by atoms with E-state index in [-0.39, 0.29) is 5.54 Å². The lowest BCUT2D eigenvalue weighted by molar-refractivity contribution is 0.234. The first kappa shape index (κ1) is 11.2. The fourth-order valence-corrected chi connectivity index (χ4v) is 3.80. The maximum Gasteiger partial charge on any atom is 0.193 e. The average Bonchev–Trinajstić information content (AvgIpc) is 2.76. The summed E-state index contributed by atoms with van der Waals surface area (Å²) >= 11 is 1.68. The molecule has 92 valence electrons. The molecule has 0 amide bonds. The van der Waals surface area contributed by atoms with E-state index in [1.54, 1.807) is 11.3 Å². The summed E-state index contributed by atoms with van der Waals surface area (Å²) in [7, 11) is 0. The number of aromatic nitrogens is 2. The van der Waals surface area contributed by atoms with E-state index < -0.39 is 0 Å². The van der Waals surface area contributed by atoms with Crippen molar-refractivity contribution in [3.8, 4) is 0 Å². The van der Waals surface area contributed by atoms with Crippen LogP contribution in [0.4, 0.5) is 0 Å². The molecule has 1 aliphatic rings. The number of nitrogens with two attached hydrogens (primary N) is 1. The van der Waals surface area contributed by atoms with Gasteiger partial charge in [0.25, 0.3) is 0 Å². The largest absolute Gasteiger partial charge is 0.325 e. The molecule has 0 radical (unpaired) electrons. The third-order valence-electron chi connectivity index (χ3n) is 3.80. The Kier molecular flexibility index (Phi) is 2.71. The molecular weight excluding hydrogens is 230 g/mol. The summed E-state index contributed by atoms with van der Waals surface area (Å²) in [5.74, 6) is 0.762. The van der Waals surface area contributed by atoms with E-state index >= 15 is 0 Å². The van der Waals surface area contributed by atoms with E-state index in [4.69, 9.17) is 5.73 Å². The molecule has 2 heterocycles. The van der Waals surface area contributed by atoms with Gasteiger partial charge in [-0.05, 0) is 18.8 Å². The van der Waals surface area contributed by atoms with Gasteiger partial charge >= 0.3 is 0 Å². The highest BCUT2D eigenvalue weighted by Crippen LogP contribution is 2.32. The lowest BCUT2D eigenvalue weighted by Gasteiger charge is -2.36. The van der Waals surface area contributed by atoms with Crippen LogP contribution in [0.5, 0.6) is 0 Å². The second-order valence-electron chi connectivity index (χ2n) is 5.57. The van der Waals surface area contributed by atoms with Crippen molar-refractivity contribution >= 4 is 16.3 Å². The van der Waals surface area contributed by atoms with Gasteiger partial charge in [0.05, 0.1) is 5.69 Å². The summed E-state index contributed by atoms with van der Waals surface area (Å²) in [5.41, 5.74) is 7.65. The van der Waals surface area contributed by atoms with Gasteiger partial charge in [-0.2, -0.15) is 0 Å². The van der Waals surface area contributed by atoms with Crippen molar-refractivity contribution in [2.45, 2.75) is 44.6 Å². The van der Waals surface area contributed by atoms with Crippen molar-refractivity contribution in [2.24, 2.45) is 11.7 Å². The Morgan fingerprint density at radius 2 is 2.53 bits per heavy atom. The van der Waals surface area contributed by atoms with Gasteiger partial charge in [-0.3, -0.25) is 4.40 Å². The molecule has 2 N–H and O–H groups in total. The Hall–Kier alpha value is -0.870. The van der Waals surface area contributed by atoms with Crippen molar-refractivity contribution in [1.82, 2.24) is 9.38 Å². The Labute approximate surface area is 106 Å². The first-order valence-corrected chi connectivity index (χ1v) is 7.23. The van der Waals surface area contributed by atoms with Crippen LogP contribution >= 0.6 is 11.3 Å². The molecule has 2 aromatic heterocycles. The Balaban J connectivity index is 1.79. The summed E-state index contributed by atoms with van der Waals surface area (Å²) in [5, 5.41) is 2.06. The molecule has 0 aliphatic heterocycles. The maximum absolute atomic E-state index is 6.53. The van der Waals surface area contributed by atoms with E-state index in [1.807, 2.05) is 0 Å². The summed E-state index contributed by atoms with van der Waals surface area (Å²) in [6.07, 6.45) is 9.98. The van der Waals surface area contributed by atoms with Crippen LogP contribution in [0.3, 0.4) is 0 Å². The molecule has 2 aromatic rings. The molecule has 17 heavy (non-hydrogen) atoms. The molecular formula is C13H19N3S. The quantitative estimate of drug-likeness (QED) is 0.889. The van der Waals surface area contributed by atoms with Crippen molar-refractivity contribution in [3.63, 3.8) is 0 Å². The van der Waals surface area contributed by atoms with E-state index in [0.29, 0.717) is 0 Å². The number of hydrogen-bond acceptors (Lipinski definition) is 3. The molecule has 3 nitrogen and oxygen atoms in total. The predicted octanol–water partition coefficient (Wildman–Crippen LogP) is 2.85. The minimum atomic E-state index is -0.0261. The second kappa shape index (κ2) is 4.10. The van der Waals surface area contributed by atoms with Gasteiger partial charge in [-0.1, -0.05) is 19.8 Å². The number of nitrogens with zero attached hydrogens (tertiary/aromatic N) is 2. The smallest absolute Gasteiger partial charge is 0.193 e. The number of rotatable bonds is 2. The molecule has 0 saturated heterocycles. The van der Waals surface area contributed by atoms with Crippen molar-refractivity contribution in [1.29, 1.82) is 0 Å². The van der Waals surface area contributed by atoms with E-state index in [2.05, 4.69) is 34.1 Å². The topological polar surface area (TPSA) is 43.3 Å². The Morgan fingerprint density at radius 1 is 1.65 bits per heavy atom. The van der Waals surface area contributed by atoms with Crippen LogP contribution in [-0.4, -0.2) is 14.9 Å². The molecule has 1 aliphatic carbocycles. The van der Waals surface area contributed by atoms with Crippen LogP contribution in [-0.2, 0) is 6.42 Å². The minimum absolute atomic E-state index is 0.0261. The predicted molar refractivity (Wildman–Crippen MR) is 71.3 cm³/mol. The molecule has 0 bridgehead atoms. The van der Waals surface area contributed by atoms with Gasteiger partial charge < -0.3 is 5.73 Å². The molecule has 0 spiro atoms. The highest BCUT2D eigenvalue weighted by molar-refractivity contribution is 7.15. The van der Waals surface area contributed by atoms with Crippen LogP contribution in [0.1, 0.15) is 38.3 Å². The van der Waals surface area contributed by atoms with E-state index in [1.165, 1.54) is 12.8 Å². The summed E-state index contributed by atoms with van der Waals surface area (Å²) < 4.78 is 2.09. The minimum Gasteiger partial charge on any atom is -0.325 e. The standard InChI is InChI=1S/C13H19N3S/c1-10-3-2-4-13(14,7-10)8-11-9-16-5-6-17-12(16)15-11/h5-6,9-10H,2-4,7-8,14H2,1H3. The summed E-state index contributed by atoms with van der Waals surface area (Å²) in [4.78, 5) is 5.71. The average molecular weight is 249 g/mol. The lowest BCUT2D eigenvalue weighted by atomic mass is 9.75. The zero-order chi connectivity index (χ0) is 11.9. The van der Waals surface area contributed by atoms with Gasteiger partial charge in [0.15, 0.2) is 4.96 Å². The molecule has 3 rings (SSSR count). The number of fused-ring (bicyclic) bond motifs is 1. The number of thiazole rings is 1. The fraction of sp³-hybridized carbons (Fsp3) is 0.615. The molecule has 1 saturated carbocycles. The van der Waals surface area contributed by atoms with E-state index in [9.17, 15) is 0 Å². The Bertz CT molecular complexity index is 487. The third kappa shape index (κ3) is 2.24. The first-order chi connectivity index (χ1) is 8.15. The number of hydrogen-bond donors (Lipinski definition) is 1. The van der Waals surface area contributed by atoms with Gasteiger partial charge in [-0.25, -0.2) is 4.98 Å². The van der Waals surface area contributed by atoms with Crippen LogP contribution in [0.15, 0.2) is 17.8 Å². The summed E-state index contributed by atoms with van der Waals surface area (Å²) in [6, 6.07) is 0. The normalized spacial score (nSPS) is 29.9. The van der Waals surface area contributed by atoms with Crippen molar-refractivity contribution in [3.05, 3.63) is 23.5 Å². The van der Waals surface area contributed by atoms with Crippen LogP contribution in [0.2, 0.25) is 0 Å². The maximum atomic E-state index is 6.53. The number of imidazole rings is 1.